The molecule has 268 valence electrons. The van der Waals surface area contributed by atoms with E-state index in [0.29, 0.717) is 28.0 Å². The Balaban J connectivity index is 0.00000107. The van der Waals surface area contributed by atoms with Gasteiger partial charge in [-0.25, -0.2) is 21.6 Å². The molecule has 49 heavy (non-hydrogen) atoms. The zero-order chi connectivity index (χ0) is 37.3. The molecule has 14 nitrogen and oxygen atoms in total. The first-order valence-electron chi connectivity index (χ1n) is 14.1. The van der Waals surface area contributed by atoms with Crippen molar-refractivity contribution in [3.8, 4) is 11.1 Å². The normalized spacial score (nSPS) is 15.2. The molecule has 1 atom stereocenters. The lowest BCUT2D eigenvalue weighted by molar-refractivity contribution is -0.192. The Morgan fingerprint density at radius 3 is 2.12 bits per heavy atom. The Morgan fingerprint density at radius 1 is 1.06 bits per heavy atom. The van der Waals surface area contributed by atoms with Crippen LogP contribution in [-0.4, -0.2) is 92.9 Å². The van der Waals surface area contributed by atoms with E-state index in [0.717, 1.165) is 16.8 Å². The number of esters is 1. The molecular weight excluding hydrogens is 697 g/mol. The highest BCUT2D eigenvalue weighted by atomic mass is 32.2. The van der Waals surface area contributed by atoms with E-state index in [1.165, 1.54) is 6.07 Å². The van der Waals surface area contributed by atoms with E-state index in [1.807, 2.05) is 0 Å². The van der Waals surface area contributed by atoms with Crippen LogP contribution in [0.15, 0.2) is 81.5 Å². The van der Waals surface area contributed by atoms with E-state index < -0.39 is 56.5 Å². The maximum absolute atomic E-state index is 13.7. The van der Waals surface area contributed by atoms with Gasteiger partial charge in [0.25, 0.3) is 0 Å². The molecule has 0 spiro atoms. The third-order valence-corrected chi connectivity index (χ3v) is 9.32. The van der Waals surface area contributed by atoms with Crippen molar-refractivity contribution in [3.63, 3.8) is 0 Å². The summed E-state index contributed by atoms with van der Waals surface area (Å²) in [5.41, 5.74) is 8.97. The first-order chi connectivity index (χ1) is 22.6. The number of carbonyl (C=O) groups excluding carboxylic acids is 2. The number of nitrogens with one attached hydrogen (secondary N) is 1. The van der Waals surface area contributed by atoms with Gasteiger partial charge in [-0.3, -0.25) is 9.59 Å². The average Bonchev–Trinajstić information content (AvgIpc) is 3.00. The molecule has 0 saturated heterocycles. The van der Waals surface area contributed by atoms with Gasteiger partial charge in [0.1, 0.15) is 18.3 Å². The predicted molar refractivity (Wildman–Crippen MR) is 173 cm³/mol. The second kappa shape index (κ2) is 16.6. The molecule has 1 aliphatic rings. The predicted octanol–water partition coefficient (Wildman–Crippen LogP) is 3.31. The third kappa shape index (κ3) is 11.4. The molecule has 19 heteroatoms. The van der Waals surface area contributed by atoms with Crippen LogP contribution in [0.5, 0.6) is 0 Å². The van der Waals surface area contributed by atoms with E-state index in [-0.39, 0.29) is 35.8 Å². The number of halogens is 3. The zero-order valence-corrected chi connectivity index (χ0v) is 28.3. The largest absolute Gasteiger partial charge is 0.490 e. The lowest BCUT2D eigenvalue weighted by atomic mass is 9.90. The van der Waals surface area contributed by atoms with Crippen LogP contribution in [0.3, 0.4) is 0 Å². The topological polar surface area (TPSA) is 223 Å². The number of anilines is 1. The Kier molecular flexibility index (Phi) is 13.7. The number of hydrogen-bond acceptors (Lipinski definition) is 11. The molecule has 2 aromatic carbocycles. The van der Waals surface area contributed by atoms with Crippen molar-refractivity contribution in [2.24, 2.45) is 10.9 Å². The SMILES string of the molecule is CCOC(=O)CN(C(CC1=CCC(=NO)C(N)=C1C)C(=O)Nc1ccc(-c2ccccc2S(C)(=O)=O)cc1)S(C)(=O)=O.O=C(O)C(F)(F)F. The zero-order valence-electron chi connectivity index (χ0n) is 26.7. The van der Waals surface area contributed by atoms with Crippen molar-refractivity contribution in [1.29, 1.82) is 0 Å². The van der Waals surface area contributed by atoms with Gasteiger partial charge in [-0.05, 0) is 55.2 Å². The summed E-state index contributed by atoms with van der Waals surface area (Å²) in [6.45, 7) is 2.56. The molecule has 0 saturated carbocycles. The number of carboxylic acids is 1. The summed E-state index contributed by atoms with van der Waals surface area (Å²) in [5, 5.41) is 22.2. The van der Waals surface area contributed by atoms with E-state index >= 15 is 0 Å². The first-order valence-corrected chi connectivity index (χ1v) is 17.9. The smallest absolute Gasteiger partial charge is 0.475 e. The lowest BCUT2D eigenvalue weighted by Crippen LogP contribution is -2.49. The summed E-state index contributed by atoms with van der Waals surface area (Å²) < 4.78 is 87.6. The van der Waals surface area contributed by atoms with Gasteiger partial charge in [0, 0.05) is 23.9 Å². The number of carboxylic acid groups (broad SMARTS) is 1. The molecule has 0 aliphatic heterocycles. The number of alkyl halides is 3. The average molecular weight is 733 g/mol. The summed E-state index contributed by atoms with van der Waals surface area (Å²) in [7, 11) is -7.59. The molecule has 0 bridgehead atoms. The third-order valence-electron chi connectivity index (χ3n) is 6.93. The highest BCUT2D eigenvalue weighted by Gasteiger charge is 2.38. The van der Waals surface area contributed by atoms with Crippen LogP contribution in [-0.2, 0) is 39.0 Å². The quantitative estimate of drug-likeness (QED) is 0.149. The van der Waals surface area contributed by atoms with Crippen LogP contribution in [0.4, 0.5) is 18.9 Å². The molecule has 0 aromatic heterocycles. The van der Waals surface area contributed by atoms with Crippen molar-refractivity contribution in [2.75, 3.05) is 31.0 Å². The van der Waals surface area contributed by atoms with Gasteiger partial charge >= 0.3 is 18.1 Å². The number of rotatable bonds is 11. The van der Waals surface area contributed by atoms with Crippen molar-refractivity contribution in [2.45, 2.75) is 43.8 Å². The van der Waals surface area contributed by atoms with Crippen LogP contribution >= 0.6 is 0 Å². The summed E-state index contributed by atoms with van der Waals surface area (Å²) >= 11 is 0. The van der Waals surface area contributed by atoms with Crippen LogP contribution in [0.2, 0.25) is 0 Å². The number of sulfone groups is 1. The molecule has 0 heterocycles. The molecule has 5 N–H and O–H groups in total. The lowest BCUT2D eigenvalue weighted by Gasteiger charge is -2.30. The first kappa shape index (κ1) is 40.4. The maximum Gasteiger partial charge on any atom is 0.490 e. The Labute approximate surface area is 280 Å². The number of nitrogens with two attached hydrogens (primary N) is 1. The minimum absolute atomic E-state index is 0.0227. The number of nitrogens with zero attached hydrogens (tertiary/aromatic N) is 2. The maximum atomic E-state index is 13.7. The minimum Gasteiger partial charge on any atom is -0.475 e. The fourth-order valence-electron chi connectivity index (χ4n) is 4.52. The van der Waals surface area contributed by atoms with E-state index in [1.54, 1.807) is 62.4 Å². The number of carbonyl (C=O) groups is 3. The molecule has 1 amide bonds. The fourth-order valence-corrected chi connectivity index (χ4v) is 6.40. The van der Waals surface area contributed by atoms with Gasteiger partial charge in [0.15, 0.2) is 9.84 Å². The second-order valence-corrected chi connectivity index (χ2v) is 14.4. The molecular formula is C30H35F3N4O10S2. The van der Waals surface area contributed by atoms with Crippen LogP contribution < -0.4 is 11.1 Å². The number of amides is 1. The van der Waals surface area contributed by atoms with Gasteiger partial charge in [-0.1, -0.05) is 41.6 Å². The standard InChI is InChI=1S/C28H34N4O8S2.C2HF3O2/c1-5-40-26(33)17-32(42(4,38)39)24(16-20-12-15-23(31-35)27(29)18(20)2)28(34)30-21-13-10-19(11-14-21)22-8-6-7-9-25(22)41(3,36)37;3-2(4,5)1(6)7/h6-14,24,35H,5,15-17,29H2,1-4H3,(H,30,34);(H,6,7). The fraction of sp³-hybridized carbons (Fsp3) is 0.333. The number of benzene rings is 2. The van der Waals surface area contributed by atoms with Crippen LogP contribution in [0.1, 0.15) is 26.7 Å². The number of allylic oxidation sites excluding steroid dienone is 3. The second-order valence-electron chi connectivity index (χ2n) is 10.5. The molecule has 0 fully saturated rings. The number of aliphatic carboxylic acids is 1. The molecule has 0 radical (unpaired) electrons. The van der Waals surface area contributed by atoms with Crippen LogP contribution in [0, 0.1) is 0 Å². The minimum atomic E-state index is -5.08. The molecule has 1 aliphatic carbocycles. The van der Waals surface area contributed by atoms with Gasteiger partial charge in [-0.2, -0.15) is 17.5 Å². The van der Waals surface area contributed by atoms with Crippen molar-refractivity contribution in [3.05, 3.63) is 71.5 Å². The molecule has 1 unspecified atom stereocenters. The van der Waals surface area contributed by atoms with E-state index in [2.05, 4.69) is 10.5 Å². The number of oxime groups is 1. The Hall–Kier alpha value is -4.75. The number of sulfonamides is 1. The summed E-state index contributed by atoms with van der Waals surface area (Å²) in [4.78, 5) is 35.1. The summed E-state index contributed by atoms with van der Waals surface area (Å²) in [6, 6.07) is 11.5. The van der Waals surface area contributed by atoms with Gasteiger partial charge in [0.2, 0.25) is 15.9 Å². The monoisotopic (exact) mass is 732 g/mol. The van der Waals surface area contributed by atoms with Gasteiger partial charge in [-0.15, -0.1) is 0 Å². The molecule has 3 rings (SSSR count). The molecule has 2 aromatic rings. The Bertz CT molecular complexity index is 1870. The highest BCUT2D eigenvalue weighted by molar-refractivity contribution is 7.90. The van der Waals surface area contributed by atoms with Crippen molar-refractivity contribution in [1.82, 2.24) is 4.31 Å². The van der Waals surface area contributed by atoms with E-state index in [9.17, 15) is 44.8 Å². The van der Waals surface area contributed by atoms with Crippen LogP contribution in [0.25, 0.3) is 11.1 Å². The van der Waals surface area contributed by atoms with Gasteiger partial charge < -0.3 is 26.1 Å². The van der Waals surface area contributed by atoms with E-state index in [4.69, 9.17) is 20.4 Å². The highest BCUT2D eigenvalue weighted by Crippen LogP contribution is 2.30. The number of hydrogen-bond donors (Lipinski definition) is 4. The van der Waals surface area contributed by atoms with Crippen molar-refractivity contribution < 1.29 is 59.4 Å². The Morgan fingerprint density at radius 2 is 1.63 bits per heavy atom. The van der Waals surface area contributed by atoms with Gasteiger partial charge in [0.05, 0.1) is 23.5 Å². The van der Waals surface area contributed by atoms with Crippen molar-refractivity contribution >= 4 is 49.1 Å². The summed E-state index contributed by atoms with van der Waals surface area (Å²) in [6.07, 6.45) is -1.36. The summed E-state index contributed by atoms with van der Waals surface area (Å²) in [5.74, 6) is -4.30. The number of ether oxygens (including phenoxy) is 1.